The van der Waals surface area contributed by atoms with E-state index in [1.807, 2.05) is 26.8 Å². The summed E-state index contributed by atoms with van der Waals surface area (Å²) in [7, 11) is 2.13. The van der Waals surface area contributed by atoms with E-state index in [4.69, 9.17) is 18.0 Å². The Hall–Kier alpha value is -3.89. The number of fused-ring (bicyclic) bond motifs is 3. The summed E-state index contributed by atoms with van der Waals surface area (Å²) in [5.74, 6) is 0.312. The first-order valence-corrected chi connectivity index (χ1v) is 19.9. The van der Waals surface area contributed by atoms with Crippen molar-refractivity contribution in [3.05, 3.63) is 119 Å². The van der Waals surface area contributed by atoms with Gasteiger partial charge in [0, 0.05) is 66.5 Å². The van der Waals surface area contributed by atoms with Gasteiger partial charge in [-0.25, -0.2) is 0 Å². The topological polar surface area (TPSA) is 127 Å². The zero-order valence-corrected chi connectivity index (χ0v) is 32.8. The molecule has 0 amide bonds. The molecule has 0 bridgehead atoms. The van der Waals surface area contributed by atoms with Crippen LogP contribution in [0, 0.1) is 6.92 Å². The van der Waals surface area contributed by atoms with Gasteiger partial charge in [-0.15, -0.1) is 0 Å². The SMILES string of the molecule is C=C1NC(CCCCN)C(=C)N(C)C(Cc2c[nH]c3c2C=CCC3)C(=C)NCc2ccc(C)c(O)c2Sc2ccccc2CNC1CCCN.CC. The number of aromatic hydroxyl groups is 1. The number of H-pyrrole nitrogens is 1. The van der Waals surface area contributed by atoms with Crippen molar-refractivity contribution in [2.75, 3.05) is 20.1 Å². The number of nitrogens with two attached hydrogens (primary N) is 2. The lowest BCUT2D eigenvalue weighted by Gasteiger charge is -2.38. The van der Waals surface area contributed by atoms with Gasteiger partial charge in [0.15, 0.2) is 0 Å². The second-order valence-corrected chi connectivity index (χ2v) is 14.7. The van der Waals surface area contributed by atoms with Crippen molar-refractivity contribution in [2.24, 2.45) is 11.5 Å². The van der Waals surface area contributed by atoms with Crippen LogP contribution in [-0.4, -0.2) is 53.3 Å². The first kappa shape index (κ1) is 40.9. The van der Waals surface area contributed by atoms with Crippen molar-refractivity contribution < 1.29 is 5.11 Å². The zero-order chi connectivity index (χ0) is 37.6. The molecule has 0 saturated carbocycles. The monoisotopic (exact) mass is 725 g/mol. The highest BCUT2D eigenvalue weighted by Gasteiger charge is 2.28. The zero-order valence-electron chi connectivity index (χ0n) is 32.0. The fraction of sp³-hybridized carbons (Fsp3) is 0.442. The largest absolute Gasteiger partial charge is 0.506 e. The lowest BCUT2D eigenvalue weighted by molar-refractivity contribution is 0.290. The van der Waals surface area contributed by atoms with E-state index in [1.54, 1.807) is 11.8 Å². The van der Waals surface area contributed by atoms with Crippen LogP contribution in [0.5, 0.6) is 5.75 Å². The lowest BCUT2D eigenvalue weighted by Crippen LogP contribution is -2.46. The van der Waals surface area contributed by atoms with Crippen molar-refractivity contribution in [1.82, 2.24) is 25.8 Å². The third kappa shape index (κ3) is 10.4. The van der Waals surface area contributed by atoms with Crippen molar-refractivity contribution in [3.8, 4) is 5.75 Å². The molecule has 5 rings (SSSR count). The van der Waals surface area contributed by atoms with Crippen LogP contribution in [0.25, 0.3) is 6.08 Å². The minimum Gasteiger partial charge on any atom is -0.506 e. The van der Waals surface area contributed by atoms with Gasteiger partial charge in [0.05, 0.1) is 17.0 Å². The number of aromatic amines is 1. The van der Waals surface area contributed by atoms with Crippen LogP contribution < -0.4 is 27.4 Å². The number of phenols is 1. The third-order valence-corrected chi connectivity index (χ3v) is 11.4. The van der Waals surface area contributed by atoms with Crippen LogP contribution in [0.1, 0.15) is 85.9 Å². The highest BCUT2D eigenvalue weighted by Crippen LogP contribution is 2.41. The van der Waals surface area contributed by atoms with E-state index in [-0.39, 0.29) is 18.1 Å². The van der Waals surface area contributed by atoms with E-state index >= 15 is 0 Å². The van der Waals surface area contributed by atoms with Crippen LogP contribution in [0.2, 0.25) is 0 Å². The molecule has 0 radical (unpaired) electrons. The number of likely N-dealkylation sites (N-methyl/N-ethyl adjacent to an activating group) is 1. The Labute approximate surface area is 317 Å². The Bertz CT molecular complexity index is 1680. The Balaban J connectivity index is 0.00000297. The van der Waals surface area contributed by atoms with Gasteiger partial charge in [0.2, 0.25) is 0 Å². The molecule has 8 nitrogen and oxygen atoms in total. The number of hydrogen-bond donors (Lipinski definition) is 7. The maximum absolute atomic E-state index is 11.4. The first-order valence-electron chi connectivity index (χ1n) is 19.1. The summed E-state index contributed by atoms with van der Waals surface area (Å²) in [6.45, 7) is 22.3. The molecule has 2 aromatic carbocycles. The third-order valence-electron chi connectivity index (χ3n) is 10.1. The molecule has 282 valence electrons. The van der Waals surface area contributed by atoms with Gasteiger partial charge in [-0.2, -0.15) is 0 Å². The first-order chi connectivity index (χ1) is 25.2. The van der Waals surface area contributed by atoms with Gasteiger partial charge < -0.3 is 42.4 Å². The molecule has 9 N–H and O–H groups in total. The molecule has 0 fully saturated rings. The van der Waals surface area contributed by atoms with Crippen LogP contribution in [-0.2, 0) is 25.9 Å². The van der Waals surface area contributed by atoms with Gasteiger partial charge >= 0.3 is 0 Å². The van der Waals surface area contributed by atoms with Crippen LogP contribution >= 0.6 is 11.8 Å². The Morgan fingerprint density at radius 1 is 0.923 bits per heavy atom. The summed E-state index contributed by atoms with van der Waals surface area (Å²) in [5.41, 5.74) is 21.6. The summed E-state index contributed by atoms with van der Waals surface area (Å²) in [5, 5.41) is 22.7. The lowest BCUT2D eigenvalue weighted by atomic mass is 9.95. The summed E-state index contributed by atoms with van der Waals surface area (Å²) >= 11 is 1.61. The Morgan fingerprint density at radius 3 is 2.44 bits per heavy atom. The van der Waals surface area contributed by atoms with Crippen molar-refractivity contribution in [3.63, 3.8) is 0 Å². The smallest absolute Gasteiger partial charge is 0.132 e. The van der Waals surface area contributed by atoms with Gasteiger partial charge in [-0.05, 0) is 98.8 Å². The molecule has 3 aromatic rings. The number of rotatable bonds is 9. The number of unbranched alkanes of at least 4 members (excludes halogenated alkanes) is 1. The number of aromatic nitrogens is 1. The summed E-state index contributed by atoms with van der Waals surface area (Å²) in [6.07, 6.45) is 14.0. The number of nitrogens with zero attached hydrogens (tertiary/aromatic N) is 1. The van der Waals surface area contributed by atoms with E-state index in [2.05, 4.69) is 94.7 Å². The average molecular weight is 726 g/mol. The molecule has 0 saturated heterocycles. The predicted molar refractivity (Wildman–Crippen MR) is 221 cm³/mol. The normalized spacial score (nSPS) is 19.7. The van der Waals surface area contributed by atoms with Gasteiger partial charge in [-0.3, -0.25) is 0 Å². The molecule has 1 aliphatic carbocycles. The number of allylic oxidation sites excluding steroid dienone is 1. The standard InChI is InChI=1S/C41H57N7OS.C2H6/c1-27-19-20-32-25-44-29(3)38(23-33-26-46-37-16-8-7-14-34(33)37)48(5)30(4)36(15-10-11-21-42)47-28(2)35(17-12-22-43)45-24-31-13-6-9-18-39(31)50-41(32)40(27)49;1-2/h6-7,9,13-14,18-20,26,35-36,38,44-47,49H,2-4,8,10-12,15-17,21-25,42-43H2,1,5H3;1-2H3. The Morgan fingerprint density at radius 2 is 1.67 bits per heavy atom. The van der Waals surface area contributed by atoms with E-state index in [9.17, 15) is 5.11 Å². The van der Waals surface area contributed by atoms with E-state index in [0.717, 1.165) is 94.9 Å². The molecule has 2 aliphatic rings. The average Bonchev–Trinajstić information content (AvgIpc) is 3.58. The number of benzene rings is 2. The number of phenolic OH excluding ortho intramolecular Hbond substituents is 1. The molecular formula is C43H63N7OS. The van der Waals surface area contributed by atoms with Crippen molar-refractivity contribution in [2.45, 2.75) is 113 Å². The second kappa shape index (κ2) is 20.4. The minimum atomic E-state index is -0.0949. The maximum atomic E-state index is 11.4. The van der Waals surface area contributed by atoms with Gasteiger partial charge in [-0.1, -0.05) is 87.8 Å². The molecule has 9 heteroatoms. The summed E-state index contributed by atoms with van der Waals surface area (Å²) in [6, 6.07) is 12.4. The van der Waals surface area contributed by atoms with Crippen molar-refractivity contribution in [1.29, 1.82) is 0 Å². The molecule has 3 unspecified atom stereocenters. The molecule has 0 spiro atoms. The molecule has 2 heterocycles. The van der Waals surface area contributed by atoms with Gasteiger partial charge in [0.25, 0.3) is 0 Å². The van der Waals surface area contributed by atoms with Crippen LogP contribution in [0.4, 0.5) is 0 Å². The summed E-state index contributed by atoms with van der Waals surface area (Å²) < 4.78 is 0. The fourth-order valence-corrected chi connectivity index (χ4v) is 8.10. The number of aryl methyl sites for hydroxylation is 2. The molecule has 1 aromatic heterocycles. The van der Waals surface area contributed by atoms with Crippen LogP contribution in [0.3, 0.4) is 0 Å². The molecule has 3 atom stereocenters. The number of hydrogen-bond acceptors (Lipinski definition) is 8. The highest BCUT2D eigenvalue weighted by molar-refractivity contribution is 7.99. The molecular weight excluding hydrogens is 663 g/mol. The number of nitrogens with one attached hydrogen (secondary N) is 4. The van der Waals surface area contributed by atoms with Gasteiger partial charge in [0.1, 0.15) is 5.75 Å². The highest BCUT2D eigenvalue weighted by atomic mass is 32.2. The predicted octanol–water partition coefficient (Wildman–Crippen LogP) is 7.64. The second-order valence-electron chi connectivity index (χ2n) is 13.6. The quantitative estimate of drug-likeness (QED) is 0.112. The fourth-order valence-electron chi connectivity index (χ4n) is 6.93. The van der Waals surface area contributed by atoms with Crippen molar-refractivity contribution >= 4 is 17.8 Å². The van der Waals surface area contributed by atoms with Crippen LogP contribution in [0.15, 0.2) is 95.3 Å². The maximum Gasteiger partial charge on any atom is 0.132 e. The van der Waals surface area contributed by atoms with E-state index in [0.29, 0.717) is 31.9 Å². The Kier molecular flexibility index (Phi) is 16.0. The molecule has 1 aliphatic heterocycles. The minimum absolute atomic E-state index is 0.00377. The summed E-state index contributed by atoms with van der Waals surface area (Å²) in [4.78, 5) is 7.77. The molecule has 52 heavy (non-hydrogen) atoms. The van der Waals surface area contributed by atoms with E-state index < -0.39 is 0 Å². The van der Waals surface area contributed by atoms with E-state index in [1.165, 1.54) is 16.8 Å².